The second kappa shape index (κ2) is 7.55. The molecule has 6 heteroatoms. The lowest BCUT2D eigenvalue weighted by molar-refractivity contribution is -0.128. The van der Waals surface area contributed by atoms with Crippen LogP contribution in [0.1, 0.15) is 24.8 Å². The molecule has 1 aromatic rings. The predicted molar refractivity (Wildman–Crippen MR) is 84.6 cm³/mol. The third-order valence-corrected chi connectivity index (χ3v) is 4.57. The summed E-state index contributed by atoms with van der Waals surface area (Å²) in [6.07, 6.45) is 6.33. The second-order valence-electron chi connectivity index (χ2n) is 6.27. The zero-order valence-corrected chi connectivity index (χ0v) is 13.2. The summed E-state index contributed by atoms with van der Waals surface area (Å²) in [7, 11) is 0. The number of pyridine rings is 1. The van der Waals surface area contributed by atoms with E-state index in [9.17, 15) is 9.59 Å². The van der Waals surface area contributed by atoms with Gasteiger partial charge in [-0.25, -0.2) is 0 Å². The lowest BCUT2D eigenvalue weighted by atomic mass is 9.95. The normalized spacial score (nSPS) is 24.2. The number of likely N-dealkylation sites (tertiary alicyclic amines) is 1. The maximum absolute atomic E-state index is 12.1. The van der Waals surface area contributed by atoms with Crippen LogP contribution in [0.2, 0.25) is 0 Å². The van der Waals surface area contributed by atoms with E-state index in [1.54, 1.807) is 17.3 Å². The Kier molecular flexibility index (Phi) is 5.23. The Morgan fingerprint density at radius 1 is 1.35 bits per heavy atom. The van der Waals surface area contributed by atoms with Crippen molar-refractivity contribution in [2.45, 2.75) is 31.7 Å². The highest BCUT2D eigenvalue weighted by Crippen LogP contribution is 2.19. The summed E-state index contributed by atoms with van der Waals surface area (Å²) in [6.45, 7) is 2.53. The van der Waals surface area contributed by atoms with Crippen LogP contribution in [0.3, 0.4) is 0 Å². The number of carbonyl (C=O) groups is 2. The van der Waals surface area contributed by atoms with Crippen molar-refractivity contribution >= 4 is 11.8 Å². The molecule has 0 bridgehead atoms. The minimum Gasteiger partial charge on any atom is -0.379 e. The minimum atomic E-state index is -0.0000663. The number of hydrogen-bond acceptors (Lipinski definition) is 4. The van der Waals surface area contributed by atoms with E-state index in [1.165, 1.54) is 5.56 Å². The highest BCUT2D eigenvalue weighted by molar-refractivity contribution is 5.80. The molecule has 2 amide bonds. The molecule has 2 saturated heterocycles. The summed E-state index contributed by atoms with van der Waals surface area (Å²) in [5.41, 5.74) is 1.21. The average Bonchev–Trinajstić information content (AvgIpc) is 3.16. The smallest absolute Gasteiger partial charge is 0.222 e. The van der Waals surface area contributed by atoms with Crippen molar-refractivity contribution in [1.29, 1.82) is 0 Å². The number of hydrogen-bond donors (Lipinski definition) is 1. The Morgan fingerprint density at radius 2 is 2.17 bits per heavy atom. The van der Waals surface area contributed by atoms with Gasteiger partial charge in [0, 0.05) is 44.2 Å². The van der Waals surface area contributed by atoms with Crippen molar-refractivity contribution in [3.05, 3.63) is 30.1 Å². The Hall–Kier alpha value is -1.95. The van der Waals surface area contributed by atoms with Crippen LogP contribution in [-0.4, -0.2) is 54.0 Å². The molecule has 2 aliphatic heterocycles. The Balaban J connectivity index is 1.46. The summed E-state index contributed by atoms with van der Waals surface area (Å²) < 4.78 is 5.54. The van der Waals surface area contributed by atoms with Gasteiger partial charge in [-0.2, -0.15) is 0 Å². The molecule has 0 saturated carbocycles. The average molecular weight is 317 g/mol. The molecule has 2 atom stereocenters. The monoisotopic (exact) mass is 317 g/mol. The van der Waals surface area contributed by atoms with E-state index in [4.69, 9.17) is 4.74 Å². The van der Waals surface area contributed by atoms with Gasteiger partial charge in [-0.05, 0) is 30.5 Å². The number of carbonyl (C=O) groups excluding carboxylic acids is 2. The molecule has 3 heterocycles. The fourth-order valence-corrected chi connectivity index (χ4v) is 3.24. The fraction of sp³-hybridized carbons (Fsp3) is 0.588. The highest BCUT2D eigenvalue weighted by Gasteiger charge is 2.30. The van der Waals surface area contributed by atoms with Gasteiger partial charge in [0.05, 0.1) is 19.3 Å². The van der Waals surface area contributed by atoms with E-state index in [0.717, 1.165) is 19.4 Å². The van der Waals surface area contributed by atoms with E-state index in [0.29, 0.717) is 32.6 Å². The van der Waals surface area contributed by atoms with Gasteiger partial charge in [-0.3, -0.25) is 14.6 Å². The molecular formula is C17H23N3O3. The van der Waals surface area contributed by atoms with Crippen LogP contribution < -0.4 is 5.32 Å². The Morgan fingerprint density at radius 3 is 2.91 bits per heavy atom. The van der Waals surface area contributed by atoms with Gasteiger partial charge in [0.2, 0.25) is 11.8 Å². The highest BCUT2D eigenvalue weighted by atomic mass is 16.5. The van der Waals surface area contributed by atoms with Gasteiger partial charge in [0.15, 0.2) is 0 Å². The molecule has 0 aromatic carbocycles. The Labute approximate surface area is 136 Å². The van der Waals surface area contributed by atoms with Crippen LogP contribution in [0.15, 0.2) is 24.5 Å². The lowest BCUT2D eigenvalue weighted by Crippen LogP contribution is -2.42. The first-order chi connectivity index (χ1) is 11.2. The number of ether oxygens (including phenoxy) is 1. The molecule has 0 radical (unpaired) electrons. The van der Waals surface area contributed by atoms with Gasteiger partial charge < -0.3 is 15.0 Å². The minimum absolute atomic E-state index is 0.0000663. The van der Waals surface area contributed by atoms with Crippen LogP contribution in [-0.2, 0) is 20.7 Å². The molecule has 2 fully saturated rings. The predicted octanol–water partition coefficient (Wildman–Crippen LogP) is 0.768. The summed E-state index contributed by atoms with van der Waals surface area (Å²) in [5, 5.41) is 3.07. The first-order valence-electron chi connectivity index (χ1n) is 8.26. The van der Waals surface area contributed by atoms with Crippen molar-refractivity contribution < 1.29 is 14.3 Å². The van der Waals surface area contributed by atoms with E-state index >= 15 is 0 Å². The third kappa shape index (κ3) is 4.28. The van der Waals surface area contributed by atoms with Crippen molar-refractivity contribution in [3.8, 4) is 0 Å². The number of nitrogens with zero attached hydrogens (tertiary/aromatic N) is 2. The summed E-state index contributed by atoms with van der Waals surface area (Å²) in [5.74, 6) is 0.451. The van der Waals surface area contributed by atoms with Crippen molar-refractivity contribution in [3.63, 3.8) is 0 Å². The molecule has 3 rings (SSSR count). The molecule has 1 N–H and O–H groups in total. The van der Waals surface area contributed by atoms with E-state index < -0.39 is 0 Å². The molecule has 23 heavy (non-hydrogen) atoms. The second-order valence-corrected chi connectivity index (χ2v) is 6.27. The SMILES string of the molecule is O=C(CCN1CCCC1=O)N[C@H]1COC[C@H]1Cc1ccncc1. The zero-order valence-electron chi connectivity index (χ0n) is 13.2. The van der Waals surface area contributed by atoms with Crippen molar-refractivity contribution in [1.82, 2.24) is 15.2 Å². The number of aromatic nitrogens is 1. The van der Waals surface area contributed by atoms with Crippen LogP contribution in [0.4, 0.5) is 0 Å². The van der Waals surface area contributed by atoms with Gasteiger partial charge in [-0.1, -0.05) is 0 Å². The molecule has 0 aliphatic carbocycles. The lowest BCUT2D eigenvalue weighted by Gasteiger charge is -2.20. The largest absolute Gasteiger partial charge is 0.379 e. The number of nitrogens with one attached hydrogen (secondary N) is 1. The number of rotatable bonds is 6. The first-order valence-corrected chi connectivity index (χ1v) is 8.26. The van der Waals surface area contributed by atoms with Crippen LogP contribution in [0.25, 0.3) is 0 Å². The molecule has 6 nitrogen and oxygen atoms in total. The molecule has 0 spiro atoms. The molecule has 0 unspecified atom stereocenters. The Bertz CT molecular complexity index is 549. The van der Waals surface area contributed by atoms with E-state index in [2.05, 4.69) is 10.3 Å². The topological polar surface area (TPSA) is 71.5 Å². The van der Waals surface area contributed by atoms with E-state index in [-0.39, 0.29) is 23.8 Å². The molecule has 1 aromatic heterocycles. The van der Waals surface area contributed by atoms with Gasteiger partial charge in [-0.15, -0.1) is 0 Å². The quantitative estimate of drug-likeness (QED) is 0.841. The zero-order chi connectivity index (χ0) is 16.1. The molecular weight excluding hydrogens is 294 g/mol. The van der Waals surface area contributed by atoms with Crippen molar-refractivity contribution in [2.75, 3.05) is 26.3 Å². The van der Waals surface area contributed by atoms with Crippen LogP contribution in [0, 0.1) is 5.92 Å². The van der Waals surface area contributed by atoms with Crippen LogP contribution >= 0.6 is 0 Å². The fourth-order valence-electron chi connectivity index (χ4n) is 3.24. The van der Waals surface area contributed by atoms with Gasteiger partial charge >= 0.3 is 0 Å². The maximum Gasteiger partial charge on any atom is 0.222 e. The van der Waals surface area contributed by atoms with Gasteiger partial charge in [0.25, 0.3) is 0 Å². The molecule has 124 valence electrons. The van der Waals surface area contributed by atoms with E-state index in [1.807, 2.05) is 12.1 Å². The number of amides is 2. The molecule has 2 aliphatic rings. The summed E-state index contributed by atoms with van der Waals surface area (Å²) in [4.78, 5) is 29.5. The summed E-state index contributed by atoms with van der Waals surface area (Å²) >= 11 is 0. The van der Waals surface area contributed by atoms with Gasteiger partial charge in [0.1, 0.15) is 0 Å². The third-order valence-electron chi connectivity index (χ3n) is 4.57. The standard InChI is InChI=1S/C17H23N3O3/c21-16(5-9-20-8-1-2-17(20)22)19-15-12-23-11-14(15)10-13-3-6-18-7-4-13/h3-4,6-7,14-15H,1-2,5,8-12H2,(H,19,21)/t14-,15+/m1/s1. The van der Waals surface area contributed by atoms with Crippen molar-refractivity contribution in [2.24, 2.45) is 5.92 Å². The maximum atomic E-state index is 12.1. The van der Waals surface area contributed by atoms with Crippen LogP contribution in [0.5, 0.6) is 0 Å². The summed E-state index contributed by atoms with van der Waals surface area (Å²) in [6, 6.07) is 4.04. The first kappa shape index (κ1) is 15.9.